The number of benzene rings is 6. The molecule has 1 aliphatic rings. The average Bonchev–Trinajstić information content (AvgIpc) is 0.766. The fourth-order valence-electron chi connectivity index (χ4n) is 8.70. The Hall–Kier alpha value is -8.87. The molecule has 9 rings (SSSR count). The number of anilines is 8. The molecule has 0 atom stereocenters. The third-order valence-corrected chi connectivity index (χ3v) is 18.2. The highest BCUT2D eigenvalue weighted by Crippen LogP contribution is 2.45. The van der Waals surface area contributed by atoms with E-state index in [1.54, 1.807) is 4.90 Å². The first kappa shape index (κ1) is 66.5. The Labute approximate surface area is 522 Å². The third-order valence-electron chi connectivity index (χ3n) is 12.7. The fraction of sp³-hybridized carbons (Fsp3) is 0.133. The van der Waals surface area contributed by atoms with E-state index in [2.05, 4.69) is 76.5 Å². The van der Waals surface area contributed by atoms with E-state index in [1.807, 2.05) is 0 Å². The van der Waals surface area contributed by atoms with Gasteiger partial charge in [-0.25, -0.2) is 4.79 Å². The first-order valence-corrected chi connectivity index (χ1v) is 34.0. The predicted octanol–water partition coefficient (Wildman–Crippen LogP) is 5.48. The van der Waals surface area contributed by atoms with Gasteiger partial charge in [-0.05, 0) is 107 Å². The Bertz CT molecular complexity index is 5150. The van der Waals surface area contributed by atoms with Crippen molar-refractivity contribution in [3.63, 3.8) is 0 Å². The Kier molecular flexibility index (Phi) is 18.3. The summed E-state index contributed by atoms with van der Waals surface area (Å²) in [5, 5.41) is 34.7. The molecule has 0 aliphatic carbocycles. The van der Waals surface area contributed by atoms with Crippen LogP contribution in [0.2, 0.25) is 10.6 Å². The largest absolute Gasteiger partial charge is 0.507 e. The Morgan fingerprint density at radius 3 is 1.66 bits per heavy atom. The molecule has 15 N–H and O–H groups in total. The Morgan fingerprint density at radius 2 is 1.05 bits per heavy atom. The van der Waals surface area contributed by atoms with Gasteiger partial charge in [0.25, 0.3) is 60.7 Å². The number of rotatable bonds is 20. The van der Waals surface area contributed by atoms with Crippen LogP contribution in [0.1, 0.15) is 0 Å². The molecule has 0 spiro atoms. The monoisotopic (exact) mass is 1410 g/mol. The number of nitrogens with two attached hydrogens (primary N) is 2. The van der Waals surface area contributed by atoms with Gasteiger partial charge in [0, 0.05) is 62.1 Å². The maximum atomic E-state index is 12.7. The number of nitrogens with zero attached hydrogens (tertiary/aromatic N) is 12. The number of nitrogen functional groups attached to an aromatic ring is 1. The zero-order valence-electron chi connectivity index (χ0n) is 44.9. The minimum Gasteiger partial charge on any atom is -0.507 e. The van der Waals surface area contributed by atoms with Crippen LogP contribution < -0.4 is 37.6 Å². The molecule has 1 aliphatic heterocycles. The number of aromatic hydroxyl groups is 1. The lowest BCUT2D eigenvalue weighted by molar-refractivity contribution is 0.259. The molecule has 2 aromatic heterocycles. The molecule has 91 heavy (non-hydrogen) atoms. The number of piperazine rings is 1. The number of azo groups is 2. The number of phenols is 1. The predicted molar refractivity (Wildman–Crippen MR) is 321 cm³/mol. The van der Waals surface area contributed by atoms with E-state index in [-0.39, 0.29) is 63.7 Å². The molecular formula is C45H40Cl2N18O20S6. The second-order valence-electron chi connectivity index (χ2n) is 18.8. The van der Waals surface area contributed by atoms with Gasteiger partial charge in [-0.1, -0.05) is 0 Å². The van der Waals surface area contributed by atoms with Crippen LogP contribution in [0.4, 0.5) is 74.1 Å². The summed E-state index contributed by atoms with van der Waals surface area (Å²) in [5.41, 5.74) is 8.25. The van der Waals surface area contributed by atoms with Crippen molar-refractivity contribution in [3.05, 3.63) is 89.4 Å². The second-order valence-corrected chi connectivity index (χ2v) is 27.9. The quantitative estimate of drug-likeness (QED) is 0.0255. The van der Waals surface area contributed by atoms with E-state index in [9.17, 15) is 87.7 Å². The average molecular weight is 1420 g/mol. The first-order valence-electron chi connectivity index (χ1n) is 24.6. The van der Waals surface area contributed by atoms with Crippen LogP contribution in [0.5, 0.6) is 5.75 Å². The molecule has 38 nitrogen and oxygen atoms in total. The minimum atomic E-state index is -5.26. The number of nitrogens with one attached hydrogen (secondary N) is 4. The van der Waals surface area contributed by atoms with Crippen molar-refractivity contribution in [1.82, 2.24) is 34.8 Å². The van der Waals surface area contributed by atoms with Crippen molar-refractivity contribution in [2.45, 2.75) is 29.4 Å². The van der Waals surface area contributed by atoms with Crippen molar-refractivity contribution >= 4 is 181 Å². The molecule has 0 radical (unpaired) electrons. The van der Waals surface area contributed by atoms with E-state index < -0.39 is 146 Å². The lowest BCUT2D eigenvalue weighted by atomic mass is 10.1. The molecular weight excluding hydrogens is 1380 g/mol. The highest BCUT2D eigenvalue weighted by Gasteiger charge is 2.28. The first-order chi connectivity index (χ1) is 42.3. The van der Waals surface area contributed by atoms with E-state index in [1.165, 1.54) is 24.3 Å². The molecule has 1 fully saturated rings. The summed E-state index contributed by atoms with van der Waals surface area (Å²) in [5.74, 6) is -1.08. The molecule has 46 heteroatoms. The number of carbonyl (C=O) groups is 1. The molecule has 6 aromatic carbocycles. The van der Waals surface area contributed by atoms with Crippen LogP contribution >= 0.6 is 23.2 Å². The molecule has 2 amide bonds. The summed E-state index contributed by atoms with van der Waals surface area (Å²) in [4.78, 5) is 35.1. The number of phenolic OH excluding ortho intramolecular Hbond substituents is 1. The minimum absolute atomic E-state index is 0.0197. The number of amides is 2. The van der Waals surface area contributed by atoms with Gasteiger partial charge in [-0.2, -0.15) is 80.4 Å². The highest BCUT2D eigenvalue weighted by molar-refractivity contribution is 7.87. The second kappa shape index (κ2) is 25.1. The lowest BCUT2D eigenvalue weighted by Gasteiger charge is -2.34. The van der Waals surface area contributed by atoms with Crippen LogP contribution in [0.25, 0.3) is 21.5 Å². The number of hydrogen-bond donors (Lipinski definition) is 13. The maximum Gasteiger partial charge on any atom is 0.316 e. The smallest absolute Gasteiger partial charge is 0.316 e. The van der Waals surface area contributed by atoms with E-state index in [0.29, 0.717) is 63.1 Å². The summed E-state index contributed by atoms with van der Waals surface area (Å²) in [6, 6.07) is 10.3. The van der Waals surface area contributed by atoms with Crippen molar-refractivity contribution in [2.75, 3.05) is 71.2 Å². The topological polar surface area (TPSA) is 597 Å². The summed E-state index contributed by atoms with van der Waals surface area (Å²) in [7, 11) is -30.9. The SMILES string of the molecule is NC(=O)Nc1cc(Nc2nc(Cl)nc(NCCN3CCN(c4nc(Cl)nc(Nc5ccc(/N=N/c6c(N)c(S(=O)(=O)O)cc7cc(S(=O)(=O)O)cc(O)c67)c(S(=O)(=O)O)c5)n4)CC3)n2)ccc1/N=N\c1cc2c(S(=O)(=O)O)cc(S(=O)(=O)O)cc2cc1S(=O)(=O)O. The molecule has 3 heterocycles. The van der Waals surface area contributed by atoms with Crippen LogP contribution in [0.15, 0.2) is 129 Å². The standard InChI is InChI=1S/C45H40Cl2N18O20S6/c46-39-54-42(58-43(55-39)51-22-1-3-27(29(15-22)53-41(49)67)60-62-30-19-26-20(13-33(30)89(77,78)79)11-25(87(71,72)73)18-32(26)88(74,75)76)50-5-6-64-7-9-65(10-8-64)45-57-40(47)56-44(59-45)52-23-2-4-28(34(16-23)90(80,81)82)61-63-38-36-21(14-35(37(38)48)91(83,84)85)12-24(17-31(36)66)86(68,69)70/h1-4,11-19,66H,5-10,48H2,(H3,49,53,67)(H,68,69,70)(H,71,72,73)(H,74,75,76)(H,77,78,79)(H,80,81,82)(H,83,84,85)(H,52,56,57,59)(H2,50,51,54,55,58)/b62-60-,63-61+. The Balaban J connectivity index is 0.849. The number of hydrogen-bond acceptors (Lipinski definition) is 30. The van der Waals surface area contributed by atoms with E-state index >= 15 is 0 Å². The van der Waals surface area contributed by atoms with Crippen molar-refractivity contribution < 1.29 is 87.7 Å². The van der Waals surface area contributed by atoms with Crippen molar-refractivity contribution in [3.8, 4) is 5.75 Å². The molecule has 0 bridgehead atoms. The normalized spacial score (nSPS) is 14.0. The van der Waals surface area contributed by atoms with Crippen LogP contribution in [-0.2, 0) is 60.7 Å². The molecule has 8 aromatic rings. The zero-order valence-corrected chi connectivity index (χ0v) is 51.3. The number of urea groups is 1. The summed E-state index contributed by atoms with van der Waals surface area (Å²) < 4.78 is 206. The van der Waals surface area contributed by atoms with Gasteiger partial charge in [0.1, 0.15) is 48.1 Å². The molecule has 1 saturated heterocycles. The third kappa shape index (κ3) is 15.8. The van der Waals surface area contributed by atoms with Crippen molar-refractivity contribution in [1.29, 1.82) is 0 Å². The summed E-state index contributed by atoms with van der Waals surface area (Å²) >= 11 is 12.5. The van der Waals surface area contributed by atoms with Gasteiger partial charge in [-0.3, -0.25) is 32.2 Å². The maximum absolute atomic E-state index is 12.7. The van der Waals surface area contributed by atoms with Crippen molar-refractivity contribution in [2.24, 2.45) is 26.2 Å². The Morgan fingerprint density at radius 1 is 0.538 bits per heavy atom. The van der Waals surface area contributed by atoms with E-state index in [0.717, 1.165) is 24.3 Å². The van der Waals surface area contributed by atoms with Crippen LogP contribution in [-0.4, -0.2) is 163 Å². The zero-order chi connectivity index (χ0) is 66.5. The van der Waals surface area contributed by atoms with Gasteiger partial charge >= 0.3 is 6.03 Å². The molecule has 0 saturated carbocycles. The van der Waals surface area contributed by atoms with Gasteiger partial charge in [-0.15, -0.1) is 20.5 Å². The number of fused-ring (bicyclic) bond motifs is 2. The fourth-order valence-corrected chi connectivity index (χ4v) is 12.8. The van der Waals surface area contributed by atoms with Gasteiger partial charge in [0.05, 0.1) is 26.6 Å². The lowest BCUT2D eigenvalue weighted by Crippen LogP contribution is -2.48. The van der Waals surface area contributed by atoms with Gasteiger partial charge in [0.15, 0.2) is 0 Å². The molecule has 0 unspecified atom stereocenters. The van der Waals surface area contributed by atoms with Gasteiger partial charge in [0.2, 0.25) is 34.4 Å². The number of halogens is 2. The number of carbonyl (C=O) groups excluding carboxylic acids is 1. The molecule has 480 valence electrons. The van der Waals surface area contributed by atoms with E-state index in [4.69, 9.17) is 34.7 Å². The van der Waals surface area contributed by atoms with Crippen LogP contribution in [0.3, 0.4) is 0 Å². The highest BCUT2D eigenvalue weighted by atomic mass is 35.5. The van der Waals surface area contributed by atoms with Gasteiger partial charge < -0.3 is 42.7 Å². The summed E-state index contributed by atoms with van der Waals surface area (Å²) in [6.07, 6.45) is 0. The number of primary amides is 1. The number of aromatic nitrogens is 6. The van der Waals surface area contributed by atoms with Crippen LogP contribution in [0, 0.1) is 0 Å². The summed E-state index contributed by atoms with van der Waals surface area (Å²) in [6.45, 7) is 2.31.